The second-order valence-corrected chi connectivity index (χ2v) is 10.4. The predicted octanol–water partition coefficient (Wildman–Crippen LogP) is 1.40. The van der Waals surface area contributed by atoms with E-state index in [1.807, 2.05) is 24.0 Å². The van der Waals surface area contributed by atoms with Crippen molar-refractivity contribution < 1.29 is 8.42 Å². The van der Waals surface area contributed by atoms with E-state index in [4.69, 9.17) is 5.73 Å². The van der Waals surface area contributed by atoms with Gasteiger partial charge in [0.25, 0.3) is 0 Å². The van der Waals surface area contributed by atoms with Crippen molar-refractivity contribution >= 4 is 22.2 Å². The Kier molecular flexibility index (Phi) is 5.41. The van der Waals surface area contributed by atoms with Gasteiger partial charge in [-0.1, -0.05) is 13.8 Å². The number of nitrogens with two attached hydrogens (primary N) is 1. The van der Waals surface area contributed by atoms with Gasteiger partial charge in [0, 0.05) is 37.4 Å². The second-order valence-electron chi connectivity index (χ2n) is 8.23. The Morgan fingerprint density at radius 2 is 2.08 bits per heavy atom. The highest BCUT2D eigenvalue weighted by Gasteiger charge is 2.40. The molecule has 2 N–H and O–H groups in total. The maximum absolute atomic E-state index is 11.8. The summed E-state index contributed by atoms with van der Waals surface area (Å²) in [4.78, 5) is 2.42. The Morgan fingerprint density at radius 3 is 2.67 bits per heavy atom. The summed E-state index contributed by atoms with van der Waals surface area (Å²) in [6.07, 6.45) is 5.54. The summed E-state index contributed by atoms with van der Waals surface area (Å²) in [7, 11) is -2.93. The SMILES string of the molecule is CC1(C)CN(Cc2cnn(C3(C)CCS(=O)(=O)C3)c2)CCC1N.Cl. The van der Waals surface area contributed by atoms with Gasteiger partial charge in [-0.3, -0.25) is 9.58 Å². The third-order valence-electron chi connectivity index (χ3n) is 5.47. The van der Waals surface area contributed by atoms with E-state index in [1.165, 1.54) is 0 Å². The van der Waals surface area contributed by atoms with E-state index in [0.717, 1.165) is 31.6 Å². The molecule has 0 aliphatic carbocycles. The molecule has 8 heteroatoms. The Bertz CT molecular complexity index is 688. The molecular formula is C16H29ClN4O2S. The van der Waals surface area contributed by atoms with Crippen LogP contribution in [0.15, 0.2) is 12.4 Å². The van der Waals surface area contributed by atoms with Gasteiger partial charge in [-0.25, -0.2) is 8.42 Å². The Hall–Kier alpha value is -0.630. The normalized spacial score (nSPS) is 32.4. The summed E-state index contributed by atoms with van der Waals surface area (Å²) in [6, 6.07) is 0.254. The van der Waals surface area contributed by atoms with Crippen molar-refractivity contribution in [3.8, 4) is 0 Å². The summed E-state index contributed by atoms with van der Waals surface area (Å²) in [6.45, 7) is 9.25. The number of nitrogens with zero attached hydrogens (tertiary/aromatic N) is 3. The predicted molar refractivity (Wildman–Crippen MR) is 98.0 cm³/mol. The first-order valence-electron chi connectivity index (χ1n) is 8.32. The van der Waals surface area contributed by atoms with Gasteiger partial charge >= 0.3 is 0 Å². The summed E-state index contributed by atoms with van der Waals surface area (Å²) in [5.41, 5.74) is 7.06. The average Bonchev–Trinajstić information content (AvgIpc) is 2.99. The molecule has 24 heavy (non-hydrogen) atoms. The van der Waals surface area contributed by atoms with E-state index >= 15 is 0 Å². The molecule has 138 valence electrons. The average molecular weight is 377 g/mol. The van der Waals surface area contributed by atoms with Crippen molar-refractivity contribution in [2.24, 2.45) is 11.1 Å². The van der Waals surface area contributed by atoms with E-state index in [1.54, 1.807) is 0 Å². The van der Waals surface area contributed by atoms with Crippen molar-refractivity contribution in [2.45, 2.75) is 51.7 Å². The molecule has 0 amide bonds. The number of likely N-dealkylation sites (tertiary alicyclic amines) is 1. The summed E-state index contributed by atoms with van der Waals surface area (Å²) in [5.74, 6) is 0.448. The van der Waals surface area contributed by atoms with Crippen LogP contribution in [0.2, 0.25) is 0 Å². The lowest BCUT2D eigenvalue weighted by molar-refractivity contribution is 0.0898. The number of hydrogen-bond acceptors (Lipinski definition) is 5. The minimum absolute atomic E-state index is 0. The zero-order valence-electron chi connectivity index (χ0n) is 14.7. The molecule has 1 aromatic rings. The van der Waals surface area contributed by atoms with Crippen LogP contribution in [0.5, 0.6) is 0 Å². The molecule has 3 rings (SSSR count). The third-order valence-corrected chi connectivity index (χ3v) is 7.36. The fourth-order valence-corrected chi connectivity index (χ4v) is 5.91. The Balaban J connectivity index is 0.00000208. The Morgan fingerprint density at radius 1 is 1.38 bits per heavy atom. The van der Waals surface area contributed by atoms with E-state index in [2.05, 4.69) is 23.8 Å². The molecular weight excluding hydrogens is 348 g/mol. The van der Waals surface area contributed by atoms with Gasteiger partial charge in [0.05, 0.1) is 23.2 Å². The number of aromatic nitrogens is 2. The highest BCUT2D eigenvalue weighted by molar-refractivity contribution is 7.91. The summed E-state index contributed by atoms with van der Waals surface area (Å²) < 4.78 is 25.4. The van der Waals surface area contributed by atoms with Crippen LogP contribution in [-0.2, 0) is 21.9 Å². The van der Waals surface area contributed by atoms with Crippen LogP contribution < -0.4 is 5.73 Å². The van der Waals surface area contributed by atoms with Crippen LogP contribution in [0, 0.1) is 5.41 Å². The lowest BCUT2D eigenvalue weighted by Crippen LogP contribution is -2.52. The lowest BCUT2D eigenvalue weighted by atomic mass is 9.79. The first kappa shape index (κ1) is 19.7. The molecule has 2 saturated heterocycles. The van der Waals surface area contributed by atoms with Crippen molar-refractivity contribution in [2.75, 3.05) is 24.6 Å². The quantitative estimate of drug-likeness (QED) is 0.862. The molecule has 6 nitrogen and oxygen atoms in total. The minimum atomic E-state index is -2.93. The molecule has 2 atom stereocenters. The molecule has 0 bridgehead atoms. The topological polar surface area (TPSA) is 81.2 Å². The maximum atomic E-state index is 11.8. The molecule has 0 aromatic carbocycles. The summed E-state index contributed by atoms with van der Waals surface area (Å²) in [5, 5.41) is 4.45. The van der Waals surface area contributed by atoms with E-state index < -0.39 is 15.4 Å². The summed E-state index contributed by atoms with van der Waals surface area (Å²) >= 11 is 0. The van der Waals surface area contributed by atoms with Crippen LogP contribution in [0.4, 0.5) is 0 Å². The molecule has 2 fully saturated rings. The number of rotatable bonds is 3. The van der Waals surface area contributed by atoms with Crippen molar-refractivity contribution in [1.82, 2.24) is 14.7 Å². The molecule has 2 aliphatic rings. The van der Waals surface area contributed by atoms with E-state index in [9.17, 15) is 8.42 Å². The van der Waals surface area contributed by atoms with Gasteiger partial charge < -0.3 is 5.73 Å². The zero-order valence-corrected chi connectivity index (χ0v) is 16.4. The first-order valence-corrected chi connectivity index (χ1v) is 10.1. The van der Waals surface area contributed by atoms with Gasteiger partial charge in [0.2, 0.25) is 0 Å². The zero-order chi connectivity index (χ0) is 16.9. The van der Waals surface area contributed by atoms with E-state index in [0.29, 0.717) is 6.42 Å². The molecule has 2 aliphatic heterocycles. The van der Waals surface area contributed by atoms with Gasteiger partial charge in [0.15, 0.2) is 9.84 Å². The van der Waals surface area contributed by atoms with Gasteiger partial charge in [-0.15, -0.1) is 12.4 Å². The van der Waals surface area contributed by atoms with E-state index in [-0.39, 0.29) is 35.4 Å². The molecule has 3 heterocycles. The number of halogens is 1. The molecule has 0 radical (unpaired) electrons. The van der Waals surface area contributed by atoms with Crippen molar-refractivity contribution in [3.63, 3.8) is 0 Å². The highest BCUT2D eigenvalue weighted by atomic mass is 35.5. The fourth-order valence-electron chi connectivity index (χ4n) is 3.79. The van der Waals surface area contributed by atoms with Crippen LogP contribution in [-0.4, -0.2) is 53.7 Å². The second kappa shape index (κ2) is 6.59. The smallest absolute Gasteiger partial charge is 0.152 e. The third kappa shape index (κ3) is 3.95. The fraction of sp³-hybridized carbons (Fsp3) is 0.812. The Labute approximate surface area is 151 Å². The molecule has 1 aromatic heterocycles. The number of piperidine rings is 1. The van der Waals surface area contributed by atoms with Crippen LogP contribution in [0.3, 0.4) is 0 Å². The van der Waals surface area contributed by atoms with Crippen LogP contribution in [0.1, 0.15) is 39.2 Å². The maximum Gasteiger partial charge on any atom is 0.152 e. The number of hydrogen-bond donors (Lipinski definition) is 1. The largest absolute Gasteiger partial charge is 0.327 e. The monoisotopic (exact) mass is 376 g/mol. The van der Waals surface area contributed by atoms with Gasteiger partial charge in [0.1, 0.15) is 0 Å². The van der Waals surface area contributed by atoms with Crippen molar-refractivity contribution in [1.29, 1.82) is 0 Å². The van der Waals surface area contributed by atoms with Gasteiger partial charge in [-0.05, 0) is 25.2 Å². The molecule has 0 spiro atoms. The first-order chi connectivity index (χ1) is 10.6. The number of sulfone groups is 1. The standard InChI is InChI=1S/C16H28N4O2S.ClH/c1-15(2)11-19(6-4-14(15)17)9-13-8-18-20(10-13)16(3)5-7-23(21,22)12-16;/h8,10,14H,4-7,9,11-12,17H2,1-3H3;1H. The van der Waals surface area contributed by atoms with Crippen LogP contribution in [0.25, 0.3) is 0 Å². The van der Waals surface area contributed by atoms with Crippen molar-refractivity contribution in [3.05, 3.63) is 18.0 Å². The van der Waals surface area contributed by atoms with Crippen LogP contribution >= 0.6 is 12.4 Å². The highest BCUT2D eigenvalue weighted by Crippen LogP contribution is 2.31. The molecule has 2 unspecified atom stereocenters. The van der Waals surface area contributed by atoms with Gasteiger partial charge in [-0.2, -0.15) is 5.10 Å². The minimum Gasteiger partial charge on any atom is -0.327 e. The molecule has 0 saturated carbocycles. The lowest BCUT2D eigenvalue weighted by Gasteiger charge is -2.42.